The number of aromatic hydroxyl groups is 1. The summed E-state index contributed by atoms with van der Waals surface area (Å²) < 4.78 is 6.71. The molecule has 2 unspecified atom stereocenters. The third-order valence-corrected chi connectivity index (χ3v) is 8.88. The molecule has 0 bridgehead atoms. The summed E-state index contributed by atoms with van der Waals surface area (Å²) >= 11 is 2.52. The molecule has 5 N–H and O–H groups in total. The number of carbonyl (C=O) groups is 4. The first-order valence-corrected chi connectivity index (χ1v) is 14.6. The number of thioether (sulfide) groups is 2. The first kappa shape index (κ1) is 29.6. The number of β-lactam (4-membered cyclic amide) rings is 1. The van der Waals surface area contributed by atoms with Gasteiger partial charge in [-0.15, -0.1) is 16.9 Å². The number of pyridine rings is 1. The Balaban J connectivity index is 1.28. The van der Waals surface area contributed by atoms with E-state index in [0.29, 0.717) is 16.3 Å². The van der Waals surface area contributed by atoms with E-state index >= 15 is 0 Å². The molecule has 0 aliphatic carbocycles. The number of hydrogen-bond donors (Lipinski definition) is 5. The van der Waals surface area contributed by atoms with E-state index in [2.05, 4.69) is 31.1 Å². The first-order chi connectivity index (χ1) is 20.6. The molecule has 3 atom stereocenters. The third-order valence-electron chi connectivity index (χ3n) is 6.45. The lowest BCUT2D eigenvalue weighted by Gasteiger charge is -2.49. The van der Waals surface area contributed by atoms with Gasteiger partial charge in [-0.05, 0) is 33.7 Å². The molecule has 1 aromatic carbocycles. The molecule has 2 aliphatic rings. The topological polar surface area (TPSA) is 222 Å². The second-order valence-electron chi connectivity index (χ2n) is 9.28. The zero-order valence-corrected chi connectivity index (χ0v) is 23.9. The normalized spacial score (nSPS) is 18.3. The second-order valence-corrected chi connectivity index (χ2v) is 11.3. The van der Waals surface area contributed by atoms with Crippen LogP contribution in [0, 0.1) is 0 Å². The number of amides is 3. The Morgan fingerprint density at radius 3 is 2.67 bits per heavy atom. The minimum absolute atomic E-state index is 0.0679. The molecule has 2 aromatic heterocycles. The Hall–Kier alpha value is -4.84. The van der Waals surface area contributed by atoms with Crippen LogP contribution in [0.25, 0.3) is 0 Å². The number of aromatic amines is 1. The summed E-state index contributed by atoms with van der Waals surface area (Å²) in [7, 11) is 1.65. The van der Waals surface area contributed by atoms with Crippen LogP contribution in [0.4, 0.5) is 0 Å². The van der Waals surface area contributed by atoms with E-state index in [4.69, 9.17) is 4.74 Å². The number of nitrogens with one attached hydrogen (secondary N) is 3. The standard InChI is InChI=1S/C25H24N8O8S2/c1-32-25(29-30-31-32)43-11-13-10-42-23-19(22(38)33(23)20(13)24(39)40)28-21(37)18(12-2-4-14(34)5-3-12)27-17(36)9-41-16-8-26-7-6-15(16)35/h2-8,18-19,23,34H,9-11H2,1H3,(H,26,35)(H,27,36)(H,28,37)(H,39,40)/t18?,19?,23-/m1/s1. The third kappa shape index (κ3) is 6.33. The van der Waals surface area contributed by atoms with E-state index in [-0.39, 0.29) is 28.7 Å². The number of tetrazole rings is 1. The van der Waals surface area contributed by atoms with E-state index in [1.807, 2.05) is 0 Å². The molecule has 0 saturated carbocycles. The summed E-state index contributed by atoms with van der Waals surface area (Å²) in [5.41, 5.74) is 0.203. The van der Waals surface area contributed by atoms with E-state index in [9.17, 15) is 34.2 Å². The van der Waals surface area contributed by atoms with Crippen molar-refractivity contribution in [3.63, 3.8) is 0 Å². The highest BCUT2D eigenvalue weighted by Crippen LogP contribution is 2.41. The van der Waals surface area contributed by atoms with Gasteiger partial charge in [0.2, 0.25) is 16.5 Å². The lowest BCUT2D eigenvalue weighted by molar-refractivity contribution is -0.151. The molecule has 4 heterocycles. The predicted molar refractivity (Wildman–Crippen MR) is 151 cm³/mol. The molecule has 1 saturated heterocycles. The van der Waals surface area contributed by atoms with Crippen molar-refractivity contribution in [2.24, 2.45) is 7.05 Å². The van der Waals surface area contributed by atoms with Crippen molar-refractivity contribution >= 4 is 47.2 Å². The number of H-pyrrole nitrogens is 1. The van der Waals surface area contributed by atoms with E-state index in [0.717, 1.165) is 4.90 Å². The summed E-state index contributed by atoms with van der Waals surface area (Å²) in [6, 6.07) is 4.38. The lowest BCUT2D eigenvalue weighted by Crippen LogP contribution is -2.71. The number of carboxylic acids is 1. The minimum Gasteiger partial charge on any atom is -0.508 e. The second kappa shape index (κ2) is 12.6. The molecule has 3 aromatic rings. The van der Waals surface area contributed by atoms with Crippen LogP contribution in [0.15, 0.2) is 63.9 Å². The number of phenolic OH excluding ortho intramolecular Hbond substituents is 1. The van der Waals surface area contributed by atoms with Gasteiger partial charge in [-0.1, -0.05) is 23.9 Å². The zero-order valence-electron chi connectivity index (χ0n) is 22.3. The molecule has 0 spiro atoms. The van der Waals surface area contributed by atoms with Crippen molar-refractivity contribution in [3.8, 4) is 11.5 Å². The number of hydrogen-bond acceptors (Lipinski definition) is 12. The number of rotatable bonds is 11. The van der Waals surface area contributed by atoms with Crippen LogP contribution in [0.3, 0.4) is 0 Å². The van der Waals surface area contributed by atoms with Crippen molar-refractivity contribution in [2.75, 3.05) is 18.1 Å². The van der Waals surface area contributed by atoms with Gasteiger partial charge >= 0.3 is 5.97 Å². The average molecular weight is 629 g/mol. The smallest absolute Gasteiger partial charge is 0.352 e. The molecule has 0 radical (unpaired) electrons. The number of ether oxygens (including phenoxy) is 1. The molecule has 5 rings (SSSR count). The molecule has 16 nitrogen and oxygen atoms in total. The number of carbonyl (C=O) groups excluding carboxylic acids is 3. The zero-order chi connectivity index (χ0) is 30.7. The summed E-state index contributed by atoms with van der Waals surface area (Å²) in [4.78, 5) is 67.2. The molecular weight excluding hydrogens is 604 g/mol. The number of aryl methyl sites for hydroxylation is 1. The van der Waals surface area contributed by atoms with Gasteiger partial charge in [-0.25, -0.2) is 9.48 Å². The molecular formula is C25H24N8O8S2. The van der Waals surface area contributed by atoms with Gasteiger partial charge in [-0.3, -0.25) is 24.1 Å². The summed E-state index contributed by atoms with van der Waals surface area (Å²) in [6.45, 7) is -0.582. The van der Waals surface area contributed by atoms with Crippen LogP contribution in [-0.4, -0.2) is 93.5 Å². The first-order valence-electron chi connectivity index (χ1n) is 12.6. The summed E-state index contributed by atoms with van der Waals surface area (Å²) in [5.74, 6) is -3.01. The van der Waals surface area contributed by atoms with Crippen molar-refractivity contribution in [1.29, 1.82) is 0 Å². The van der Waals surface area contributed by atoms with Gasteiger partial charge in [-0.2, -0.15) is 0 Å². The van der Waals surface area contributed by atoms with Crippen molar-refractivity contribution in [2.45, 2.75) is 22.6 Å². The quantitative estimate of drug-likeness (QED) is 0.132. The predicted octanol–water partition coefficient (Wildman–Crippen LogP) is -0.629. The molecule has 224 valence electrons. The Bertz CT molecular complexity index is 1660. The maximum absolute atomic E-state index is 13.4. The monoisotopic (exact) mass is 628 g/mol. The van der Waals surface area contributed by atoms with Crippen LogP contribution >= 0.6 is 23.5 Å². The van der Waals surface area contributed by atoms with Crippen molar-refractivity contribution < 1.29 is 34.1 Å². The summed E-state index contributed by atoms with van der Waals surface area (Å²) in [5, 5.41) is 35.7. The van der Waals surface area contributed by atoms with Gasteiger partial charge in [0.15, 0.2) is 12.4 Å². The highest BCUT2D eigenvalue weighted by atomic mass is 32.2. The maximum Gasteiger partial charge on any atom is 0.352 e. The van der Waals surface area contributed by atoms with Gasteiger partial charge in [0.05, 0.1) is 0 Å². The lowest BCUT2D eigenvalue weighted by atomic mass is 10.0. The Labute approximate surface area is 250 Å². The number of carboxylic acid groups (broad SMARTS) is 1. The summed E-state index contributed by atoms with van der Waals surface area (Å²) in [6.07, 6.45) is 2.69. The number of aromatic nitrogens is 5. The minimum atomic E-state index is -1.30. The average Bonchev–Trinajstić information content (AvgIpc) is 3.41. The molecule has 2 aliphatic heterocycles. The van der Waals surface area contributed by atoms with Gasteiger partial charge in [0.25, 0.3) is 11.8 Å². The Morgan fingerprint density at radius 2 is 2.00 bits per heavy atom. The maximum atomic E-state index is 13.4. The molecule has 43 heavy (non-hydrogen) atoms. The number of fused-ring (bicyclic) bond motifs is 1. The van der Waals surface area contributed by atoms with Crippen LogP contribution in [0.2, 0.25) is 0 Å². The van der Waals surface area contributed by atoms with Crippen LogP contribution in [-0.2, 0) is 26.2 Å². The number of phenols is 1. The highest BCUT2D eigenvalue weighted by Gasteiger charge is 2.54. The van der Waals surface area contributed by atoms with Crippen molar-refractivity contribution in [1.82, 2.24) is 40.7 Å². The number of nitrogens with zero attached hydrogens (tertiary/aromatic N) is 5. The Kier molecular flexibility index (Phi) is 8.67. The van der Waals surface area contributed by atoms with Crippen molar-refractivity contribution in [3.05, 3.63) is 69.8 Å². The van der Waals surface area contributed by atoms with Gasteiger partial charge in [0, 0.05) is 37.0 Å². The largest absolute Gasteiger partial charge is 0.508 e. The fourth-order valence-electron chi connectivity index (χ4n) is 4.35. The van der Waals surface area contributed by atoms with Crippen LogP contribution in [0.5, 0.6) is 11.5 Å². The number of aliphatic carboxylic acids is 1. The van der Waals surface area contributed by atoms with E-state index < -0.39 is 53.2 Å². The molecule has 3 amide bonds. The number of benzene rings is 1. The highest BCUT2D eigenvalue weighted by molar-refractivity contribution is 8.01. The van der Waals surface area contributed by atoms with E-state index in [1.165, 1.54) is 70.9 Å². The molecule has 1 fully saturated rings. The van der Waals surface area contributed by atoms with Gasteiger partial charge in [0.1, 0.15) is 28.9 Å². The Morgan fingerprint density at radius 1 is 1.23 bits per heavy atom. The van der Waals surface area contributed by atoms with Crippen LogP contribution in [0.1, 0.15) is 11.6 Å². The molecule has 18 heteroatoms. The van der Waals surface area contributed by atoms with Gasteiger partial charge < -0.3 is 30.6 Å². The fourth-order valence-corrected chi connectivity index (χ4v) is 6.69. The van der Waals surface area contributed by atoms with Crippen LogP contribution < -0.4 is 20.8 Å². The van der Waals surface area contributed by atoms with E-state index in [1.54, 1.807) is 7.05 Å². The SMILES string of the molecule is Cn1nnnc1SCC1=C(C(=O)O)N2C(=O)C(NC(=O)C(NC(=O)COc3c[nH]ccc3=O)c3ccc(O)cc3)[C@H]2SC1. The fraction of sp³-hybridized carbons (Fsp3) is 0.280.